The van der Waals surface area contributed by atoms with Crippen LogP contribution in [0.15, 0.2) is 24.3 Å². The molecule has 5 nitrogen and oxygen atoms in total. The van der Waals surface area contributed by atoms with Crippen LogP contribution in [-0.4, -0.2) is 40.5 Å². The third kappa shape index (κ3) is 2.54. The highest BCUT2D eigenvalue weighted by molar-refractivity contribution is 5.89. The van der Waals surface area contributed by atoms with Gasteiger partial charge < -0.3 is 16.0 Å². The van der Waals surface area contributed by atoms with Gasteiger partial charge in [-0.05, 0) is 38.9 Å². The Balaban J connectivity index is 1.87. The van der Waals surface area contributed by atoms with Gasteiger partial charge in [0, 0.05) is 24.0 Å². The molecule has 2 aromatic rings. The van der Waals surface area contributed by atoms with Gasteiger partial charge in [0.2, 0.25) is 5.95 Å². The molecular formula is C15H21N5. The molecule has 0 bridgehead atoms. The van der Waals surface area contributed by atoms with Gasteiger partial charge in [-0.2, -0.15) is 4.98 Å². The molecule has 2 atom stereocenters. The first-order valence-electron chi connectivity index (χ1n) is 7.12. The maximum absolute atomic E-state index is 5.81. The number of likely N-dealkylation sites (tertiary alicyclic amines) is 1. The Kier molecular flexibility index (Phi) is 3.44. The van der Waals surface area contributed by atoms with Crippen LogP contribution in [0.25, 0.3) is 10.9 Å². The number of hydrogen-bond acceptors (Lipinski definition) is 5. The standard InChI is InChI=1S/C15H21N5/c1-10-9-11(7-8-20(10)2)17-14-12-5-3-4-6-13(12)18-15(16)19-14/h3-6,10-11H,7-9H2,1-2H3,(H3,16,17,18,19). The van der Waals surface area contributed by atoms with E-state index in [4.69, 9.17) is 5.73 Å². The Morgan fingerprint density at radius 2 is 2.10 bits per heavy atom. The minimum Gasteiger partial charge on any atom is -0.368 e. The summed E-state index contributed by atoms with van der Waals surface area (Å²) in [5, 5.41) is 4.59. The van der Waals surface area contributed by atoms with E-state index in [0.717, 1.165) is 36.1 Å². The Hall–Kier alpha value is -1.88. The molecule has 0 aliphatic carbocycles. The fraction of sp³-hybridized carbons (Fsp3) is 0.467. The molecule has 1 aliphatic heterocycles. The number of hydrogen-bond donors (Lipinski definition) is 2. The lowest BCUT2D eigenvalue weighted by Crippen LogP contribution is -2.42. The lowest BCUT2D eigenvalue weighted by Gasteiger charge is -2.35. The summed E-state index contributed by atoms with van der Waals surface area (Å²) in [5.74, 6) is 1.18. The van der Waals surface area contributed by atoms with Crippen LogP contribution in [-0.2, 0) is 0 Å². The molecule has 1 aliphatic rings. The van der Waals surface area contributed by atoms with Crippen molar-refractivity contribution in [2.45, 2.75) is 31.8 Å². The first-order chi connectivity index (χ1) is 9.63. The van der Waals surface area contributed by atoms with E-state index in [1.165, 1.54) is 0 Å². The van der Waals surface area contributed by atoms with Crippen LogP contribution in [0, 0.1) is 0 Å². The predicted octanol–water partition coefficient (Wildman–Crippen LogP) is 2.11. The summed E-state index contributed by atoms with van der Waals surface area (Å²) in [4.78, 5) is 11.0. The van der Waals surface area contributed by atoms with Crippen LogP contribution >= 0.6 is 0 Å². The van der Waals surface area contributed by atoms with Gasteiger partial charge in [-0.1, -0.05) is 12.1 Å². The van der Waals surface area contributed by atoms with Gasteiger partial charge in [0.15, 0.2) is 0 Å². The highest BCUT2D eigenvalue weighted by atomic mass is 15.2. The van der Waals surface area contributed by atoms with Gasteiger partial charge in [-0.3, -0.25) is 0 Å². The fourth-order valence-corrected chi connectivity index (χ4v) is 2.82. The number of benzene rings is 1. The highest BCUT2D eigenvalue weighted by Gasteiger charge is 2.23. The SMILES string of the molecule is CC1CC(Nc2nc(N)nc3ccccc23)CCN1C. The predicted molar refractivity (Wildman–Crippen MR) is 82.7 cm³/mol. The van der Waals surface area contributed by atoms with Gasteiger partial charge in [0.25, 0.3) is 0 Å². The minimum atomic E-state index is 0.326. The number of nitrogens with zero attached hydrogens (tertiary/aromatic N) is 3. The van der Waals surface area contributed by atoms with Crippen LogP contribution in [0.4, 0.5) is 11.8 Å². The van der Waals surface area contributed by atoms with Crippen LogP contribution in [0.1, 0.15) is 19.8 Å². The fourth-order valence-electron chi connectivity index (χ4n) is 2.82. The van der Waals surface area contributed by atoms with Gasteiger partial charge in [0.1, 0.15) is 5.82 Å². The summed E-state index contributed by atoms with van der Waals surface area (Å²) in [5.41, 5.74) is 6.70. The number of nitrogens with two attached hydrogens (primary N) is 1. The number of anilines is 2. The Bertz CT molecular complexity index is 612. The number of nitrogens with one attached hydrogen (secondary N) is 1. The van der Waals surface area contributed by atoms with Gasteiger partial charge in [-0.15, -0.1) is 0 Å². The molecule has 0 spiro atoms. The third-order valence-electron chi connectivity index (χ3n) is 4.17. The summed E-state index contributed by atoms with van der Waals surface area (Å²) < 4.78 is 0. The summed E-state index contributed by atoms with van der Waals surface area (Å²) in [6.45, 7) is 3.37. The number of aromatic nitrogens is 2. The number of para-hydroxylation sites is 1. The average molecular weight is 271 g/mol. The molecule has 20 heavy (non-hydrogen) atoms. The molecular weight excluding hydrogens is 250 g/mol. The average Bonchev–Trinajstić information content (AvgIpc) is 2.43. The zero-order chi connectivity index (χ0) is 14.1. The zero-order valence-electron chi connectivity index (χ0n) is 12.0. The number of piperidine rings is 1. The largest absolute Gasteiger partial charge is 0.368 e. The maximum Gasteiger partial charge on any atom is 0.222 e. The van der Waals surface area contributed by atoms with Crippen LogP contribution in [0.3, 0.4) is 0 Å². The smallest absolute Gasteiger partial charge is 0.222 e. The van der Waals surface area contributed by atoms with Gasteiger partial charge in [0.05, 0.1) is 5.52 Å². The molecule has 5 heteroatoms. The van der Waals surface area contributed by atoms with Crippen molar-refractivity contribution >= 4 is 22.7 Å². The van der Waals surface area contributed by atoms with Crippen molar-refractivity contribution in [2.24, 2.45) is 0 Å². The normalized spacial score (nSPS) is 23.9. The van der Waals surface area contributed by atoms with E-state index in [1.807, 2.05) is 24.3 Å². The summed E-state index contributed by atoms with van der Waals surface area (Å²) in [7, 11) is 2.18. The minimum absolute atomic E-state index is 0.326. The van der Waals surface area contributed by atoms with Crippen molar-refractivity contribution in [1.29, 1.82) is 0 Å². The molecule has 1 aromatic carbocycles. The van der Waals surface area contributed by atoms with Crippen molar-refractivity contribution < 1.29 is 0 Å². The molecule has 0 saturated carbocycles. The second-order valence-electron chi connectivity index (χ2n) is 5.64. The summed E-state index contributed by atoms with van der Waals surface area (Å²) >= 11 is 0. The van der Waals surface area contributed by atoms with Crippen molar-refractivity contribution in [2.75, 3.05) is 24.6 Å². The lowest BCUT2D eigenvalue weighted by atomic mass is 9.99. The van der Waals surface area contributed by atoms with E-state index in [2.05, 4.69) is 34.2 Å². The molecule has 0 amide bonds. The number of fused-ring (bicyclic) bond motifs is 1. The third-order valence-corrected chi connectivity index (χ3v) is 4.17. The highest BCUT2D eigenvalue weighted by Crippen LogP contribution is 2.24. The van der Waals surface area contributed by atoms with Gasteiger partial charge in [-0.25, -0.2) is 4.98 Å². The van der Waals surface area contributed by atoms with Crippen molar-refractivity contribution in [3.63, 3.8) is 0 Å². The van der Waals surface area contributed by atoms with Crippen molar-refractivity contribution in [3.05, 3.63) is 24.3 Å². The Morgan fingerprint density at radius 3 is 2.90 bits per heavy atom. The Morgan fingerprint density at radius 1 is 1.30 bits per heavy atom. The van der Waals surface area contributed by atoms with Crippen molar-refractivity contribution in [3.8, 4) is 0 Å². The molecule has 106 valence electrons. The second kappa shape index (κ2) is 5.25. The molecule has 3 N–H and O–H groups in total. The number of nitrogen functional groups attached to an aromatic ring is 1. The van der Waals surface area contributed by atoms with E-state index in [9.17, 15) is 0 Å². The van der Waals surface area contributed by atoms with E-state index in [0.29, 0.717) is 18.0 Å². The molecule has 1 saturated heterocycles. The molecule has 1 aromatic heterocycles. The quantitative estimate of drug-likeness (QED) is 0.875. The van der Waals surface area contributed by atoms with Crippen LogP contribution < -0.4 is 11.1 Å². The zero-order valence-corrected chi connectivity index (χ0v) is 12.0. The second-order valence-corrected chi connectivity index (χ2v) is 5.64. The number of rotatable bonds is 2. The molecule has 0 radical (unpaired) electrons. The van der Waals surface area contributed by atoms with Crippen molar-refractivity contribution in [1.82, 2.24) is 14.9 Å². The van der Waals surface area contributed by atoms with E-state index in [1.54, 1.807) is 0 Å². The first-order valence-corrected chi connectivity index (χ1v) is 7.12. The van der Waals surface area contributed by atoms with Gasteiger partial charge >= 0.3 is 0 Å². The topological polar surface area (TPSA) is 67.1 Å². The molecule has 3 rings (SSSR count). The molecule has 1 fully saturated rings. The van der Waals surface area contributed by atoms with E-state index < -0.39 is 0 Å². The lowest BCUT2D eigenvalue weighted by molar-refractivity contribution is 0.190. The molecule has 2 unspecified atom stereocenters. The monoisotopic (exact) mass is 271 g/mol. The van der Waals surface area contributed by atoms with Crippen LogP contribution in [0.5, 0.6) is 0 Å². The summed E-state index contributed by atoms with van der Waals surface area (Å²) in [6, 6.07) is 9.01. The Labute approximate surface area is 119 Å². The van der Waals surface area contributed by atoms with Crippen LogP contribution in [0.2, 0.25) is 0 Å². The van der Waals surface area contributed by atoms with E-state index >= 15 is 0 Å². The molecule has 2 heterocycles. The maximum atomic E-state index is 5.81. The van der Waals surface area contributed by atoms with E-state index in [-0.39, 0.29) is 0 Å². The summed E-state index contributed by atoms with van der Waals surface area (Å²) in [6.07, 6.45) is 2.24. The first kappa shape index (κ1) is 13.1.